The molecular weight excluding hydrogens is 210 g/mol. The Morgan fingerprint density at radius 2 is 2.24 bits per heavy atom. The molecule has 0 aromatic carbocycles. The van der Waals surface area contributed by atoms with Crippen molar-refractivity contribution < 1.29 is 0 Å². The summed E-state index contributed by atoms with van der Waals surface area (Å²) in [5.74, 6) is 2.00. The third kappa shape index (κ3) is 3.76. The van der Waals surface area contributed by atoms with Gasteiger partial charge in [0, 0.05) is 25.4 Å². The van der Waals surface area contributed by atoms with Crippen LogP contribution in [-0.4, -0.2) is 15.8 Å². The van der Waals surface area contributed by atoms with Crippen molar-refractivity contribution in [1.82, 2.24) is 9.78 Å². The monoisotopic (exact) mass is 235 g/mol. The number of aryl methyl sites for hydroxylation is 1. The van der Waals surface area contributed by atoms with Crippen molar-refractivity contribution >= 4 is 5.82 Å². The molecule has 3 nitrogen and oxygen atoms in total. The Morgan fingerprint density at radius 1 is 1.35 bits per heavy atom. The lowest BCUT2D eigenvalue weighted by atomic mass is 9.95. The highest BCUT2D eigenvalue weighted by atomic mass is 15.3. The first-order valence-electron chi connectivity index (χ1n) is 7.04. The van der Waals surface area contributed by atoms with Gasteiger partial charge >= 0.3 is 0 Å². The SMILES string of the molecule is CCCC1CCCC(Nc2ccn(C)n2)CC1. The van der Waals surface area contributed by atoms with Crippen molar-refractivity contribution in [2.24, 2.45) is 13.0 Å². The van der Waals surface area contributed by atoms with Crippen molar-refractivity contribution in [3.63, 3.8) is 0 Å². The highest BCUT2D eigenvalue weighted by Crippen LogP contribution is 2.27. The molecule has 0 bridgehead atoms. The summed E-state index contributed by atoms with van der Waals surface area (Å²) in [6.07, 6.45) is 11.5. The first kappa shape index (κ1) is 12.5. The second kappa shape index (κ2) is 6.08. The predicted molar refractivity (Wildman–Crippen MR) is 72.1 cm³/mol. The summed E-state index contributed by atoms with van der Waals surface area (Å²) in [6.45, 7) is 2.30. The maximum Gasteiger partial charge on any atom is 0.148 e. The van der Waals surface area contributed by atoms with E-state index in [9.17, 15) is 0 Å². The lowest BCUT2D eigenvalue weighted by molar-refractivity contribution is 0.422. The van der Waals surface area contributed by atoms with Crippen LogP contribution in [0.3, 0.4) is 0 Å². The van der Waals surface area contributed by atoms with Crippen molar-refractivity contribution in [3.8, 4) is 0 Å². The average Bonchev–Trinajstić information content (AvgIpc) is 2.58. The smallest absolute Gasteiger partial charge is 0.148 e. The number of hydrogen-bond donors (Lipinski definition) is 1. The van der Waals surface area contributed by atoms with E-state index in [0.29, 0.717) is 6.04 Å². The molecule has 0 radical (unpaired) electrons. The van der Waals surface area contributed by atoms with Crippen molar-refractivity contribution in [3.05, 3.63) is 12.3 Å². The van der Waals surface area contributed by atoms with Gasteiger partial charge in [-0.15, -0.1) is 0 Å². The Kier molecular flexibility index (Phi) is 4.46. The van der Waals surface area contributed by atoms with E-state index in [4.69, 9.17) is 0 Å². The Morgan fingerprint density at radius 3 is 2.94 bits per heavy atom. The molecule has 1 aromatic heterocycles. The van der Waals surface area contributed by atoms with E-state index in [0.717, 1.165) is 11.7 Å². The molecule has 17 heavy (non-hydrogen) atoms. The highest BCUT2D eigenvalue weighted by molar-refractivity contribution is 5.33. The molecule has 1 saturated carbocycles. The highest BCUT2D eigenvalue weighted by Gasteiger charge is 2.18. The van der Waals surface area contributed by atoms with Crippen molar-refractivity contribution in [1.29, 1.82) is 0 Å². The number of hydrogen-bond acceptors (Lipinski definition) is 2. The summed E-state index contributed by atoms with van der Waals surface area (Å²) >= 11 is 0. The molecule has 1 N–H and O–H groups in total. The van der Waals surface area contributed by atoms with Crippen LogP contribution in [0.1, 0.15) is 51.9 Å². The average molecular weight is 235 g/mol. The minimum Gasteiger partial charge on any atom is -0.366 e. The summed E-state index contributed by atoms with van der Waals surface area (Å²) in [6, 6.07) is 2.70. The van der Waals surface area contributed by atoms with Crippen LogP contribution >= 0.6 is 0 Å². The topological polar surface area (TPSA) is 29.9 Å². The van der Waals surface area contributed by atoms with Crippen molar-refractivity contribution in [2.75, 3.05) is 5.32 Å². The minimum absolute atomic E-state index is 0.631. The van der Waals surface area contributed by atoms with Gasteiger partial charge in [-0.1, -0.05) is 32.6 Å². The summed E-state index contributed by atoms with van der Waals surface area (Å²) in [5, 5.41) is 7.97. The van der Waals surface area contributed by atoms with Crippen LogP contribution in [-0.2, 0) is 7.05 Å². The Hall–Kier alpha value is -0.990. The van der Waals surface area contributed by atoms with Gasteiger partial charge in [0.2, 0.25) is 0 Å². The van der Waals surface area contributed by atoms with Gasteiger partial charge in [-0.3, -0.25) is 4.68 Å². The van der Waals surface area contributed by atoms with E-state index in [1.54, 1.807) is 0 Å². The van der Waals surface area contributed by atoms with Gasteiger partial charge in [0.1, 0.15) is 5.82 Å². The first-order valence-corrected chi connectivity index (χ1v) is 7.04. The maximum absolute atomic E-state index is 4.40. The number of nitrogens with zero attached hydrogens (tertiary/aromatic N) is 2. The third-order valence-electron chi connectivity index (χ3n) is 3.85. The van der Waals surface area contributed by atoms with Crippen LogP contribution in [0.15, 0.2) is 12.3 Å². The van der Waals surface area contributed by atoms with E-state index >= 15 is 0 Å². The molecule has 2 unspecified atom stereocenters. The van der Waals surface area contributed by atoms with Crippen molar-refractivity contribution in [2.45, 2.75) is 57.9 Å². The Labute approximate surface area is 105 Å². The zero-order chi connectivity index (χ0) is 12.1. The molecule has 2 rings (SSSR count). The summed E-state index contributed by atoms with van der Waals surface area (Å²) in [5.41, 5.74) is 0. The predicted octanol–water partition coefficient (Wildman–Crippen LogP) is 3.58. The van der Waals surface area contributed by atoms with Crippen LogP contribution in [0.4, 0.5) is 5.82 Å². The molecule has 0 saturated heterocycles. The van der Waals surface area contributed by atoms with Gasteiger partial charge in [-0.25, -0.2) is 0 Å². The lowest BCUT2D eigenvalue weighted by Crippen LogP contribution is -2.18. The normalized spacial score (nSPS) is 25.5. The van der Waals surface area contributed by atoms with Crippen LogP contribution in [0.2, 0.25) is 0 Å². The van der Waals surface area contributed by atoms with Gasteiger partial charge in [-0.2, -0.15) is 5.10 Å². The molecule has 0 spiro atoms. The van der Waals surface area contributed by atoms with E-state index < -0.39 is 0 Å². The molecule has 1 aromatic rings. The van der Waals surface area contributed by atoms with Gasteiger partial charge in [-0.05, 0) is 25.2 Å². The molecule has 1 aliphatic rings. The van der Waals surface area contributed by atoms with Crippen LogP contribution in [0.25, 0.3) is 0 Å². The Balaban J connectivity index is 1.82. The second-order valence-electron chi connectivity index (χ2n) is 5.38. The maximum atomic E-state index is 4.40. The van der Waals surface area contributed by atoms with Crippen LogP contribution in [0, 0.1) is 5.92 Å². The van der Waals surface area contributed by atoms with Gasteiger partial charge < -0.3 is 5.32 Å². The fourth-order valence-corrected chi connectivity index (χ4v) is 2.92. The summed E-state index contributed by atoms with van der Waals surface area (Å²) < 4.78 is 1.86. The molecule has 1 fully saturated rings. The largest absolute Gasteiger partial charge is 0.366 e. The zero-order valence-corrected chi connectivity index (χ0v) is 11.2. The van der Waals surface area contributed by atoms with Crippen LogP contribution in [0.5, 0.6) is 0 Å². The molecule has 2 atom stereocenters. The minimum atomic E-state index is 0.631. The number of nitrogens with one attached hydrogen (secondary N) is 1. The van der Waals surface area contributed by atoms with Gasteiger partial charge in [0.15, 0.2) is 0 Å². The quantitative estimate of drug-likeness (QED) is 0.808. The molecule has 1 aliphatic carbocycles. The zero-order valence-electron chi connectivity index (χ0n) is 11.2. The molecule has 1 heterocycles. The lowest BCUT2D eigenvalue weighted by Gasteiger charge is -2.16. The van der Waals surface area contributed by atoms with E-state index in [1.807, 2.05) is 17.9 Å². The van der Waals surface area contributed by atoms with E-state index in [2.05, 4.69) is 23.4 Å². The number of anilines is 1. The third-order valence-corrected chi connectivity index (χ3v) is 3.85. The standard InChI is InChI=1S/C14H25N3/c1-3-5-12-6-4-7-13(9-8-12)15-14-10-11-17(2)16-14/h10-13H,3-9H2,1-2H3,(H,15,16). The van der Waals surface area contributed by atoms with Crippen LogP contribution < -0.4 is 5.32 Å². The number of rotatable bonds is 4. The van der Waals surface area contributed by atoms with E-state index in [-0.39, 0.29) is 0 Å². The van der Waals surface area contributed by atoms with Gasteiger partial charge in [0.25, 0.3) is 0 Å². The fourth-order valence-electron chi connectivity index (χ4n) is 2.92. The molecule has 0 aliphatic heterocycles. The second-order valence-corrected chi connectivity index (χ2v) is 5.38. The molecule has 96 valence electrons. The summed E-state index contributed by atoms with van der Waals surface area (Å²) in [4.78, 5) is 0. The number of aromatic nitrogens is 2. The van der Waals surface area contributed by atoms with E-state index in [1.165, 1.54) is 44.9 Å². The molecular formula is C14H25N3. The molecule has 3 heteroatoms. The summed E-state index contributed by atoms with van der Waals surface area (Å²) in [7, 11) is 1.97. The Bertz CT molecular complexity index is 332. The first-order chi connectivity index (χ1) is 8.28. The molecule has 0 amide bonds. The fraction of sp³-hybridized carbons (Fsp3) is 0.786. The van der Waals surface area contributed by atoms with Gasteiger partial charge in [0.05, 0.1) is 0 Å².